The van der Waals surface area contributed by atoms with Gasteiger partial charge in [0, 0.05) is 38.7 Å². The van der Waals surface area contributed by atoms with Crippen molar-refractivity contribution in [1.29, 1.82) is 0 Å². The number of amides is 1. The lowest BCUT2D eigenvalue weighted by Crippen LogP contribution is -2.29. The summed E-state index contributed by atoms with van der Waals surface area (Å²) in [7, 11) is 1.91. The van der Waals surface area contributed by atoms with Crippen molar-refractivity contribution in [2.45, 2.75) is 39.5 Å². The molecule has 0 bridgehead atoms. The number of carbonyl (C=O) groups excluding carboxylic acids is 1. The molecule has 1 aromatic heterocycles. The quantitative estimate of drug-likeness (QED) is 0.887. The molecule has 1 amide bonds. The number of likely N-dealkylation sites (tertiary alicyclic amines) is 1. The molecule has 0 spiro atoms. The average Bonchev–Trinajstić information content (AvgIpc) is 2.94. The maximum Gasteiger partial charge on any atom is 0.303 e. The number of carbonyl (C=O) groups is 2. The lowest BCUT2D eigenvalue weighted by Gasteiger charge is -2.16. The lowest BCUT2D eigenvalue weighted by atomic mass is 10.1. The average molecular weight is 293 g/mol. The first-order valence-electron chi connectivity index (χ1n) is 7.37. The van der Waals surface area contributed by atoms with Gasteiger partial charge in [-0.15, -0.1) is 0 Å². The largest absolute Gasteiger partial charge is 0.481 e. The van der Waals surface area contributed by atoms with E-state index in [4.69, 9.17) is 5.11 Å². The molecule has 0 aromatic carbocycles. The number of carboxylic acids is 1. The number of nitrogens with zero attached hydrogens (tertiary/aromatic N) is 3. The zero-order valence-corrected chi connectivity index (χ0v) is 12.9. The fourth-order valence-corrected chi connectivity index (χ4v) is 3.04. The second-order valence-corrected chi connectivity index (χ2v) is 5.87. The van der Waals surface area contributed by atoms with E-state index in [1.54, 1.807) is 4.90 Å². The Bertz CT molecular complexity index is 551. The van der Waals surface area contributed by atoms with Crippen LogP contribution in [0.2, 0.25) is 0 Å². The monoisotopic (exact) mass is 293 g/mol. The van der Waals surface area contributed by atoms with Crippen molar-refractivity contribution in [3.63, 3.8) is 0 Å². The summed E-state index contributed by atoms with van der Waals surface area (Å²) in [5, 5.41) is 13.2. The molecule has 1 unspecified atom stereocenters. The van der Waals surface area contributed by atoms with Crippen LogP contribution >= 0.6 is 0 Å². The van der Waals surface area contributed by atoms with Crippen LogP contribution in [0, 0.1) is 19.8 Å². The molecule has 1 fully saturated rings. The van der Waals surface area contributed by atoms with Gasteiger partial charge in [-0.1, -0.05) is 0 Å². The fraction of sp³-hybridized carbons (Fsp3) is 0.667. The number of aromatic nitrogens is 2. The normalized spacial score (nSPS) is 18.2. The van der Waals surface area contributed by atoms with Crippen LogP contribution in [-0.4, -0.2) is 44.8 Å². The highest BCUT2D eigenvalue weighted by atomic mass is 16.4. The van der Waals surface area contributed by atoms with Crippen LogP contribution in [0.3, 0.4) is 0 Å². The SMILES string of the molecule is Cc1nn(C)c(C)c1CCC(=O)N1CCC(CC(=O)O)C1. The van der Waals surface area contributed by atoms with Crippen molar-refractivity contribution in [2.24, 2.45) is 13.0 Å². The number of aryl methyl sites for hydroxylation is 2. The highest BCUT2D eigenvalue weighted by molar-refractivity contribution is 5.77. The molecular formula is C15H23N3O3. The fourth-order valence-electron chi connectivity index (χ4n) is 3.04. The first kappa shape index (κ1) is 15.5. The molecule has 0 aliphatic carbocycles. The van der Waals surface area contributed by atoms with Gasteiger partial charge in [0.1, 0.15) is 0 Å². The van der Waals surface area contributed by atoms with Crippen molar-refractivity contribution in [3.05, 3.63) is 17.0 Å². The molecule has 21 heavy (non-hydrogen) atoms. The summed E-state index contributed by atoms with van der Waals surface area (Å²) in [6.45, 7) is 5.24. The summed E-state index contributed by atoms with van der Waals surface area (Å²) in [6, 6.07) is 0. The van der Waals surface area contributed by atoms with Crippen molar-refractivity contribution < 1.29 is 14.7 Å². The maximum absolute atomic E-state index is 12.2. The highest BCUT2D eigenvalue weighted by Gasteiger charge is 2.27. The summed E-state index contributed by atoms with van der Waals surface area (Å²) in [5.41, 5.74) is 3.23. The summed E-state index contributed by atoms with van der Waals surface area (Å²) in [5.74, 6) is -0.560. The molecular weight excluding hydrogens is 270 g/mol. The molecule has 1 saturated heterocycles. The van der Waals surface area contributed by atoms with Crippen LogP contribution in [0.1, 0.15) is 36.2 Å². The van der Waals surface area contributed by atoms with E-state index in [0.717, 1.165) is 23.4 Å². The Labute approximate surface area is 124 Å². The van der Waals surface area contributed by atoms with Gasteiger partial charge in [0.25, 0.3) is 0 Å². The van der Waals surface area contributed by atoms with Gasteiger partial charge in [-0.25, -0.2) is 0 Å². The van der Waals surface area contributed by atoms with Crippen molar-refractivity contribution in [3.8, 4) is 0 Å². The Morgan fingerprint density at radius 3 is 2.67 bits per heavy atom. The topological polar surface area (TPSA) is 75.4 Å². The minimum Gasteiger partial charge on any atom is -0.481 e. The third kappa shape index (κ3) is 3.62. The Hall–Kier alpha value is -1.85. The van der Waals surface area contributed by atoms with Crippen LogP contribution in [0.5, 0.6) is 0 Å². The van der Waals surface area contributed by atoms with Crippen LogP contribution in [0.15, 0.2) is 0 Å². The Kier molecular flexibility index (Phi) is 4.65. The number of hydrogen-bond acceptors (Lipinski definition) is 3. The zero-order valence-electron chi connectivity index (χ0n) is 12.9. The Morgan fingerprint density at radius 2 is 2.10 bits per heavy atom. The summed E-state index contributed by atoms with van der Waals surface area (Å²) < 4.78 is 1.84. The molecule has 1 N–H and O–H groups in total. The lowest BCUT2D eigenvalue weighted by molar-refractivity contribution is -0.138. The molecule has 0 saturated carbocycles. The number of carboxylic acid groups (broad SMARTS) is 1. The second kappa shape index (κ2) is 6.28. The van der Waals surface area contributed by atoms with Gasteiger partial charge in [-0.05, 0) is 38.2 Å². The molecule has 0 radical (unpaired) electrons. The first-order chi connectivity index (χ1) is 9.88. The van der Waals surface area contributed by atoms with Gasteiger partial charge < -0.3 is 10.0 Å². The van der Waals surface area contributed by atoms with Gasteiger partial charge in [0.2, 0.25) is 5.91 Å². The number of hydrogen-bond donors (Lipinski definition) is 1. The van der Waals surface area contributed by atoms with E-state index < -0.39 is 5.97 Å². The van der Waals surface area contributed by atoms with E-state index in [-0.39, 0.29) is 18.2 Å². The van der Waals surface area contributed by atoms with Gasteiger partial charge in [0.05, 0.1) is 5.69 Å². The molecule has 1 aliphatic heterocycles. The van der Waals surface area contributed by atoms with Gasteiger partial charge in [0.15, 0.2) is 0 Å². The molecule has 6 heteroatoms. The third-order valence-corrected chi connectivity index (χ3v) is 4.35. The Morgan fingerprint density at radius 1 is 1.38 bits per heavy atom. The second-order valence-electron chi connectivity index (χ2n) is 5.87. The third-order valence-electron chi connectivity index (χ3n) is 4.35. The predicted octanol–water partition coefficient (Wildman–Crippen LogP) is 1.29. The minimum atomic E-state index is -0.782. The summed E-state index contributed by atoms with van der Waals surface area (Å²) in [4.78, 5) is 24.7. The van der Waals surface area contributed by atoms with E-state index in [1.165, 1.54) is 0 Å². The van der Waals surface area contributed by atoms with E-state index in [0.29, 0.717) is 25.9 Å². The Balaban J connectivity index is 1.87. The van der Waals surface area contributed by atoms with Crippen molar-refractivity contribution >= 4 is 11.9 Å². The van der Waals surface area contributed by atoms with Crippen LogP contribution in [-0.2, 0) is 23.1 Å². The van der Waals surface area contributed by atoms with Crippen molar-refractivity contribution in [2.75, 3.05) is 13.1 Å². The maximum atomic E-state index is 12.2. The van der Waals surface area contributed by atoms with Gasteiger partial charge >= 0.3 is 5.97 Å². The molecule has 2 heterocycles. The zero-order chi connectivity index (χ0) is 15.6. The number of rotatable bonds is 5. The van der Waals surface area contributed by atoms with E-state index in [2.05, 4.69) is 5.10 Å². The molecule has 116 valence electrons. The summed E-state index contributed by atoms with van der Waals surface area (Å²) in [6.07, 6.45) is 2.12. The molecule has 1 aromatic rings. The van der Waals surface area contributed by atoms with E-state index in [1.807, 2.05) is 25.6 Å². The summed E-state index contributed by atoms with van der Waals surface area (Å²) >= 11 is 0. The molecule has 2 rings (SSSR count). The van der Waals surface area contributed by atoms with Crippen molar-refractivity contribution in [1.82, 2.24) is 14.7 Å². The van der Waals surface area contributed by atoms with Crippen LogP contribution in [0.25, 0.3) is 0 Å². The van der Waals surface area contributed by atoms with E-state index >= 15 is 0 Å². The molecule has 1 aliphatic rings. The minimum absolute atomic E-state index is 0.105. The van der Waals surface area contributed by atoms with Gasteiger partial charge in [-0.2, -0.15) is 5.10 Å². The number of aliphatic carboxylic acids is 1. The first-order valence-corrected chi connectivity index (χ1v) is 7.37. The highest BCUT2D eigenvalue weighted by Crippen LogP contribution is 2.21. The smallest absolute Gasteiger partial charge is 0.303 e. The standard InChI is InChI=1S/C15H23N3O3/c1-10-13(11(2)17(3)16-10)4-5-14(19)18-7-6-12(9-18)8-15(20)21/h12H,4-9H2,1-3H3,(H,20,21). The molecule has 6 nitrogen and oxygen atoms in total. The van der Waals surface area contributed by atoms with E-state index in [9.17, 15) is 9.59 Å². The van der Waals surface area contributed by atoms with Gasteiger partial charge in [-0.3, -0.25) is 14.3 Å². The predicted molar refractivity (Wildman–Crippen MR) is 77.9 cm³/mol. The van der Waals surface area contributed by atoms with Crippen LogP contribution < -0.4 is 0 Å². The van der Waals surface area contributed by atoms with Crippen LogP contribution in [0.4, 0.5) is 0 Å². The molecule has 1 atom stereocenters.